The SMILES string of the molecule is O=C(Cc1ccccc1Cl)Nc1ccc(-c2cnco2)cc1. The van der Waals surface area contributed by atoms with E-state index in [1.165, 1.54) is 6.39 Å². The lowest BCUT2D eigenvalue weighted by molar-refractivity contribution is -0.115. The number of anilines is 1. The van der Waals surface area contributed by atoms with Gasteiger partial charge < -0.3 is 9.73 Å². The van der Waals surface area contributed by atoms with Gasteiger partial charge in [-0.05, 0) is 35.9 Å². The Morgan fingerprint density at radius 1 is 1.14 bits per heavy atom. The number of halogens is 1. The van der Waals surface area contributed by atoms with Gasteiger partial charge in [0.25, 0.3) is 0 Å². The zero-order chi connectivity index (χ0) is 15.4. The average molecular weight is 313 g/mol. The smallest absolute Gasteiger partial charge is 0.228 e. The van der Waals surface area contributed by atoms with Crippen molar-refractivity contribution < 1.29 is 9.21 Å². The molecule has 1 N–H and O–H groups in total. The molecule has 4 nitrogen and oxygen atoms in total. The van der Waals surface area contributed by atoms with Crippen LogP contribution in [0.1, 0.15) is 5.56 Å². The second-order valence-electron chi connectivity index (χ2n) is 4.76. The predicted octanol–water partition coefficient (Wildman–Crippen LogP) is 4.18. The van der Waals surface area contributed by atoms with Crippen molar-refractivity contribution >= 4 is 23.2 Å². The summed E-state index contributed by atoms with van der Waals surface area (Å²) in [6, 6.07) is 14.7. The zero-order valence-corrected chi connectivity index (χ0v) is 12.4. The lowest BCUT2D eigenvalue weighted by Gasteiger charge is -2.07. The lowest BCUT2D eigenvalue weighted by Crippen LogP contribution is -2.14. The van der Waals surface area contributed by atoms with E-state index in [1.54, 1.807) is 12.3 Å². The maximum absolute atomic E-state index is 12.0. The molecule has 1 aromatic heterocycles. The molecule has 0 radical (unpaired) electrons. The van der Waals surface area contributed by atoms with Crippen LogP contribution in [0.25, 0.3) is 11.3 Å². The minimum Gasteiger partial charge on any atom is -0.444 e. The van der Waals surface area contributed by atoms with E-state index in [4.69, 9.17) is 16.0 Å². The van der Waals surface area contributed by atoms with Gasteiger partial charge in [0.1, 0.15) is 0 Å². The topological polar surface area (TPSA) is 55.1 Å². The molecule has 0 aliphatic heterocycles. The van der Waals surface area contributed by atoms with E-state index in [2.05, 4.69) is 10.3 Å². The van der Waals surface area contributed by atoms with Crippen LogP contribution in [0.4, 0.5) is 5.69 Å². The number of nitrogens with zero attached hydrogens (tertiary/aromatic N) is 1. The minimum absolute atomic E-state index is 0.111. The summed E-state index contributed by atoms with van der Waals surface area (Å²) in [5.74, 6) is 0.578. The van der Waals surface area contributed by atoms with Gasteiger partial charge >= 0.3 is 0 Å². The number of benzene rings is 2. The molecule has 0 saturated heterocycles. The van der Waals surface area contributed by atoms with Crippen molar-refractivity contribution in [2.75, 3.05) is 5.32 Å². The molecule has 0 saturated carbocycles. The van der Waals surface area contributed by atoms with Gasteiger partial charge in [-0.2, -0.15) is 0 Å². The Morgan fingerprint density at radius 3 is 2.59 bits per heavy atom. The zero-order valence-electron chi connectivity index (χ0n) is 11.6. The first-order valence-electron chi connectivity index (χ1n) is 6.74. The molecule has 1 heterocycles. The largest absolute Gasteiger partial charge is 0.444 e. The highest BCUT2D eigenvalue weighted by atomic mass is 35.5. The minimum atomic E-state index is -0.111. The summed E-state index contributed by atoms with van der Waals surface area (Å²) in [7, 11) is 0. The van der Waals surface area contributed by atoms with E-state index in [-0.39, 0.29) is 12.3 Å². The third kappa shape index (κ3) is 3.35. The second kappa shape index (κ2) is 6.45. The molecular weight excluding hydrogens is 300 g/mol. The summed E-state index contributed by atoms with van der Waals surface area (Å²) in [6.45, 7) is 0. The van der Waals surface area contributed by atoms with Crippen LogP contribution < -0.4 is 5.32 Å². The van der Waals surface area contributed by atoms with Gasteiger partial charge in [-0.1, -0.05) is 29.8 Å². The summed E-state index contributed by atoms with van der Waals surface area (Å²) in [5, 5.41) is 3.44. The third-order valence-corrected chi connectivity index (χ3v) is 3.56. The molecule has 3 aromatic rings. The van der Waals surface area contributed by atoms with Crippen LogP contribution in [0.15, 0.2) is 65.5 Å². The number of hydrogen-bond donors (Lipinski definition) is 1. The fourth-order valence-corrected chi connectivity index (χ4v) is 2.30. The normalized spacial score (nSPS) is 10.4. The Hall–Kier alpha value is -2.59. The van der Waals surface area contributed by atoms with Gasteiger partial charge in [0.05, 0.1) is 12.6 Å². The maximum Gasteiger partial charge on any atom is 0.228 e. The summed E-state index contributed by atoms with van der Waals surface area (Å²) >= 11 is 6.05. The Morgan fingerprint density at radius 2 is 1.91 bits per heavy atom. The molecule has 0 bridgehead atoms. The van der Waals surface area contributed by atoms with E-state index in [9.17, 15) is 4.79 Å². The number of oxazole rings is 1. The first-order chi connectivity index (χ1) is 10.7. The monoisotopic (exact) mass is 312 g/mol. The third-order valence-electron chi connectivity index (χ3n) is 3.19. The standard InChI is InChI=1S/C17H13ClN2O2/c18-15-4-2-1-3-13(15)9-17(21)20-14-7-5-12(6-8-14)16-10-19-11-22-16/h1-8,10-11H,9H2,(H,20,21). The van der Waals surface area contributed by atoms with Crippen LogP contribution in [-0.4, -0.2) is 10.9 Å². The van der Waals surface area contributed by atoms with Crippen molar-refractivity contribution in [2.45, 2.75) is 6.42 Å². The fraction of sp³-hybridized carbons (Fsp3) is 0.0588. The molecule has 0 atom stereocenters. The van der Waals surface area contributed by atoms with Crippen molar-refractivity contribution in [2.24, 2.45) is 0 Å². The number of aromatic nitrogens is 1. The maximum atomic E-state index is 12.0. The summed E-state index contributed by atoms with van der Waals surface area (Å²) in [6.07, 6.45) is 3.27. The molecule has 5 heteroatoms. The van der Waals surface area contributed by atoms with E-state index in [0.717, 1.165) is 16.8 Å². The molecule has 22 heavy (non-hydrogen) atoms. The van der Waals surface area contributed by atoms with Crippen molar-refractivity contribution in [1.29, 1.82) is 0 Å². The van der Waals surface area contributed by atoms with Gasteiger partial charge in [-0.15, -0.1) is 0 Å². The van der Waals surface area contributed by atoms with E-state index in [0.29, 0.717) is 10.8 Å². The molecule has 0 unspecified atom stereocenters. The number of carbonyl (C=O) groups excluding carboxylic acids is 1. The highest BCUT2D eigenvalue weighted by Crippen LogP contribution is 2.21. The Labute approximate surface area is 132 Å². The van der Waals surface area contributed by atoms with Crippen molar-refractivity contribution in [3.05, 3.63) is 71.7 Å². The molecule has 0 fully saturated rings. The highest BCUT2D eigenvalue weighted by Gasteiger charge is 2.07. The average Bonchev–Trinajstić information content (AvgIpc) is 3.05. The predicted molar refractivity (Wildman–Crippen MR) is 85.7 cm³/mol. The first kappa shape index (κ1) is 14.4. The summed E-state index contributed by atoms with van der Waals surface area (Å²) in [5.41, 5.74) is 2.43. The van der Waals surface area contributed by atoms with Gasteiger partial charge in [0, 0.05) is 16.3 Å². The molecule has 2 aromatic carbocycles. The quantitative estimate of drug-likeness (QED) is 0.786. The van der Waals surface area contributed by atoms with Crippen LogP contribution >= 0.6 is 11.6 Å². The van der Waals surface area contributed by atoms with Crippen molar-refractivity contribution in [3.63, 3.8) is 0 Å². The van der Waals surface area contributed by atoms with Gasteiger partial charge in [0.15, 0.2) is 12.2 Å². The highest BCUT2D eigenvalue weighted by molar-refractivity contribution is 6.31. The van der Waals surface area contributed by atoms with Crippen molar-refractivity contribution in [1.82, 2.24) is 4.98 Å². The van der Waals surface area contributed by atoms with E-state index < -0.39 is 0 Å². The Balaban J connectivity index is 1.66. The van der Waals surface area contributed by atoms with Crippen LogP contribution in [0.5, 0.6) is 0 Å². The number of hydrogen-bond acceptors (Lipinski definition) is 3. The number of carbonyl (C=O) groups is 1. The van der Waals surface area contributed by atoms with Crippen LogP contribution in [0.3, 0.4) is 0 Å². The Bertz CT molecular complexity index is 768. The van der Waals surface area contributed by atoms with Crippen molar-refractivity contribution in [3.8, 4) is 11.3 Å². The number of amides is 1. The van der Waals surface area contributed by atoms with Gasteiger partial charge in [-0.25, -0.2) is 4.98 Å². The first-order valence-corrected chi connectivity index (χ1v) is 7.12. The molecule has 0 aliphatic rings. The molecule has 3 rings (SSSR count). The molecule has 0 spiro atoms. The molecule has 0 aliphatic carbocycles. The fourth-order valence-electron chi connectivity index (χ4n) is 2.10. The van der Waals surface area contributed by atoms with Crippen LogP contribution in [-0.2, 0) is 11.2 Å². The van der Waals surface area contributed by atoms with Crippen LogP contribution in [0, 0.1) is 0 Å². The molecular formula is C17H13ClN2O2. The number of nitrogens with one attached hydrogen (secondary N) is 1. The number of rotatable bonds is 4. The Kier molecular flexibility index (Phi) is 4.21. The molecule has 1 amide bonds. The molecule has 110 valence electrons. The van der Waals surface area contributed by atoms with E-state index >= 15 is 0 Å². The lowest BCUT2D eigenvalue weighted by atomic mass is 10.1. The second-order valence-corrected chi connectivity index (χ2v) is 5.17. The summed E-state index contributed by atoms with van der Waals surface area (Å²) < 4.78 is 5.22. The van der Waals surface area contributed by atoms with Crippen LogP contribution in [0.2, 0.25) is 5.02 Å². The van der Waals surface area contributed by atoms with Gasteiger partial charge in [-0.3, -0.25) is 4.79 Å². The van der Waals surface area contributed by atoms with E-state index in [1.807, 2.05) is 42.5 Å². The van der Waals surface area contributed by atoms with Gasteiger partial charge in [0.2, 0.25) is 5.91 Å². The summed E-state index contributed by atoms with van der Waals surface area (Å²) in [4.78, 5) is 15.9.